The van der Waals surface area contributed by atoms with Gasteiger partial charge in [-0.15, -0.1) is 11.8 Å². The molecule has 0 aliphatic carbocycles. The summed E-state index contributed by atoms with van der Waals surface area (Å²) < 4.78 is 0. The first kappa shape index (κ1) is 14.9. The normalized spacial score (nSPS) is 9.83. The van der Waals surface area contributed by atoms with Crippen LogP contribution in [0.3, 0.4) is 0 Å². The van der Waals surface area contributed by atoms with Gasteiger partial charge in [0.2, 0.25) is 5.91 Å². The zero-order valence-corrected chi connectivity index (χ0v) is 11.8. The van der Waals surface area contributed by atoms with Gasteiger partial charge in [-0.1, -0.05) is 17.7 Å². The van der Waals surface area contributed by atoms with E-state index in [9.17, 15) is 4.79 Å². The average Bonchev–Trinajstić information content (AvgIpc) is 2.35. The summed E-state index contributed by atoms with van der Waals surface area (Å²) in [4.78, 5) is 14.3. The number of nitrogens with zero attached hydrogens (tertiary/aromatic N) is 2. The van der Waals surface area contributed by atoms with Crippen LogP contribution in [0.4, 0.5) is 0 Å². The van der Waals surface area contributed by atoms with Crippen molar-refractivity contribution < 1.29 is 4.79 Å². The number of carbonyl (C=O) groups is 1. The van der Waals surface area contributed by atoms with Crippen molar-refractivity contribution >= 4 is 29.3 Å². The number of benzene rings is 1. The Morgan fingerprint density at radius 2 is 2.33 bits per heavy atom. The van der Waals surface area contributed by atoms with Gasteiger partial charge in [0.1, 0.15) is 0 Å². The monoisotopic (exact) mass is 282 g/mol. The molecule has 0 fully saturated rings. The van der Waals surface area contributed by atoms with Gasteiger partial charge in [0.15, 0.2) is 0 Å². The maximum atomic E-state index is 11.7. The molecule has 0 saturated carbocycles. The minimum absolute atomic E-state index is 0.0692. The van der Waals surface area contributed by atoms with Crippen LogP contribution in [0.5, 0.6) is 0 Å². The van der Waals surface area contributed by atoms with Crippen LogP contribution in [0.15, 0.2) is 29.2 Å². The lowest BCUT2D eigenvalue weighted by atomic mass is 10.3. The summed E-state index contributed by atoms with van der Waals surface area (Å²) >= 11 is 7.48. The molecule has 0 N–H and O–H groups in total. The van der Waals surface area contributed by atoms with E-state index < -0.39 is 0 Å². The standard InChI is InChI=1S/C13H15ClN2OS/c1-16(8-3-7-15)13(17)6-9-18-12-5-2-4-11(14)10-12/h2,4-5,10H,3,6,8-9H2,1H3. The van der Waals surface area contributed by atoms with Crippen LogP contribution in [-0.4, -0.2) is 30.2 Å². The van der Waals surface area contributed by atoms with Crippen LogP contribution >= 0.6 is 23.4 Å². The van der Waals surface area contributed by atoms with Crippen molar-refractivity contribution in [3.05, 3.63) is 29.3 Å². The lowest BCUT2D eigenvalue weighted by Gasteiger charge is -2.14. The molecular formula is C13H15ClN2OS. The Kier molecular flexibility index (Phi) is 6.63. The van der Waals surface area contributed by atoms with E-state index in [0.29, 0.717) is 24.4 Å². The predicted octanol–water partition coefficient (Wildman–Crippen LogP) is 3.19. The van der Waals surface area contributed by atoms with E-state index >= 15 is 0 Å². The highest BCUT2D eigenvalue weighted by Crippen LogP contribution is 2.22. The molecule has 96 valence electrons. The van der Waals surface area contributed by atoms with Crippen molar-refractivity contribution in [2.45, 2.75) is 17.7 Å². The Bertz CT molecular complexity index is 445. The van der Waals surface area contributed by atoms with Crippen molar-refractivity contribution in [3.63, 3.8) is 0 Å². The number of thioether (sulfide) groups is 1. The molecular weight excluding hydrogens is 268 g/mol. The maximum absolute atomic E-state index is 11.7. The van der Waals surface area contributed by atoms with E-state index in [4.69, 9.17) is 16.9 Å². The topological polar surface area (TPSA) is 44.1 Å². The minimum atomic E-state index is 0.0692. The molecule has 1 aromatic rings. The summed E-state index contributed by atoms with van der Waals surface area (Å²) in [5, 5.41) is 9.15. The smallest absolute Gasteiger partial charge is 0.223 e. The summed E-state index contributed by atoms with van der Waals surface area (Å²) in [6.07, 6.45) is 0.850. The number of amides is 1. The molecule has 1 aromatic carbocycles. The fourth-order valence-electron chi connectivity index (χ4n) is 1.35. The first-order chi connectivity index (χ1) is 8.63. The van der Waals surface area contributed by atoms with Gasteiger partial charge in [-0.3, -0.25) is 4.79 Å². The van der Waals surface area contributed by atoms with Gasteiger partial charge in [-0.2, -0.15) is 5.26 Å². The van der Waals surface area contributed by atoms with E-state index in [1.54, 1.807) is 23.7 Å². The Balaban J connectivity index is 2.29. The highest BCUT2D eigenvalue weighted by atomic mass is 35.5. The quantitative estimate of drug-likeness (QED) is 0.753. The van der Waals surface area contributed by atoms with E-state index in [2.05, 4.69) is 0 Å². The number of hydrogen-bond acceptors (Lipinski definition) is 3. The SMILES string of the molecule is CN(CCC#N)C(=O)CCSc1cccc(Cl)c1. The van der Waals surface area contributed by atoms with Gasteiger partial charge >= 0.3 is 0 Å². The van der Waals surface area contributed by atoms with Crippen LogP contribution in [0.25, 0.3) is 0 Å². The second-order valence-corrected chi connectivity index (χ2v) is 5.38. The molecule has 0 atom stereocenters. The number of hydrogen-bond donors (Lipinski definition) is 0. The zero-order valence-electron chi connectivity index (χ0n) is 10.2. The van der Waals surface area contributed by atoms with Gasteiger partial charge in [-0.05, 0) is 18.2 Å². The lowest BCUT2D eigenvalue weighted by Crippen LogP contribution is -2.27. The minimum Gasteiger partial charge on any atom is -0.345 e. The highest BCUT2D eigenvalue weighted by molar-refractivity contribution is 7.99. The first-order valence-electron chi connectivity index (χ1n) is 5.63. The molecule has 0 radical (unpaired) electrons. The highest BCUT2D eigenvalue weighted by Gasteiger charge is 2.08. The Morgan fingerprint density at radius 1 is 1.56 bits per heavy atom. The third-order valence-corrected chi connectivity index (χ3v) is 3.60. The van der Waals surface area contributed by atoms with Crippen LogP contribution < -0.4 is 0 Å². The molecule has 0 unspecified atom stereocenters. The summed E-state index contributed by atoms with van der Waals surface area (Å²) in [5.74, 6) is 0.788. The molecule has 1 rings (SSSR count). The van der Waals surface area contributed by atoms with Crippen LogP contribution in [0, 0.1) is 11.3 Å². The van der Waals surface area contributed by atoms with Crippen molar-refractivity contribution in [2.75, 3.05) is 19.3 Å². The van der Waals surface area contributed by atoms with E-state index in [-0.39, 0.29) is 5.91 Å². The second kappa shape index (κ2) is 8.02. The van der Waals surface area contributed by atoms with Gasteiger partial charge < -0.3 is 4.90 Å². The summed E-state index contributed by atoms with van der Waals surface area (Å²) in [6, 6.07) is 9.61. The first-order valence-corrected chi connectivity index (χ1v) is 6.99. The van der Waals surface area contributed by atoms with Crippen LogP contribution in [-0.2, 0) is 4.79 Å². The van der Waals surface area contributed by atoms with Gasteiger partial charge in [0.05, 0.1) is 12.5 Å². The molecule has 0 spiro atoms. The molecule has 3 nitrogen and oxygen atoms in total. The number of carbonyl (C=O) groups excluding carboxylic acids is 1. The second-order valence-electron chi connectivity index (χ2n) is 3.78. The maximum Gasteiger partial charge on any atom is 0.223 e. The van der Waals surface area contributed by atoms with Crippen molar-refractivity contribution in [3.8, 4) is 6.07 Å². The number of halogens is 1. The summed E-state index contributed by atoms with van der Waals surface area (Å²) in [5.41, 5.74) is 0. The van der Waals surface area contributed by atoms with Crippen molar-refractivity contribution in [1.29, 1.82) is 5.26 Å². The van der Waals surface area contributed by atoms with Gasteiger partial charge in [-0.25, -0.2) is 0 Å². The molecule has 0 aliphatic heterocycles. The molecule has 5 heteroatoms. The Labute approximate surface area is 117 Å². The van der Waals surface area contributed by atoms with Crippen LogP contribution in [0.1, 0.15) is 12.8 Å². The largest absolute Gasteiger partial charge is 0.345 e. The number of rotatable bonds is 6. The molecule has 0 aromatic heterocycles. The lowest BCUT2D eigenvalue weighted by molar-refractivity contribution is -0.129. The molecule has 18 heavy (non-hydrogen) atoms. The Morgan fingerprint density at radius 3 is 3.00 bits per heavy atom. The molecule has 0 heterocycles. The molecule has 0 bridgehead atoms. The third-order valence-electron chi connectivity index (χ3n) is 2.37. The molecule has 0 aliphatic rings. The van der Waals surface area contributed by atoms with E-state index in [1.807, 2.05) is 30.3 Å². The fraction of sp³-hybridized carbons (Fsp3) is 0.385. The van der Waals surface area contributed by atoms with E-state index in [0.717, 1.165) is 10.6 Å². The summed E-state index contributed by atoms with van der Waals surface area (Å²) in [7, 11) is 1.73. The van der Waals surface area contributed by atoms with Crippen molar-refractivity contribution in [2.24, 2.45) is 0 Å². The fourth-order valence-corrected chi connectivity index (χ4v) is 2.50. The number of nitriles is 1. The Hall–Kier alpha value is -1.18. The van der Waals surface area contributed by atoms with Crippen molar-refractivity contribution in [1.82, 2.24) is 4.90 Å². The van der Waals surface area contributed by atoms with Crippen LogP contribution in [0.2, 0.25) is 5.02 Å². The molecule has 0 saturated heterocycles. The van der Waals surface area contributed by atoms with Gasteiger partial charge in [0.25, 0.3) is 0 Å². The van der Waals surface area contributed by atoms with Gasteiger partial charge in [0, 0.05) is 35.7 Å². The van der Waals surface area contributed by atoms with E-state index in [1.165, 1.54) is 0 Å². The zero-order chi connectivity index (χ0) is 13.4. The third kappa shape index (κ3) is 5.44. The summed E-state index contributed by atoms with van der Waals surface area (Å²) in [6.45, 7) is 0.497. The average molecular weight is 283 g/mol. The predicted molar refractivity (Wildman–Crippen MR) is 74.7 cm³/mol. The molecule has 1 amide bonds.